The molecule has 12 heteroatoms. The number of carbonyl (C=O) groups excluding carboxylic acids is 1. The summed E-state index contributed by atoms with van der Waals surface area (Å²) >= 11 is 0. The number of nitrogens with zero attached hydrogens (tertiary/aromatic N) is 5. The largest absolute Gasteiger partial charge is 0.433 e. The van der Waals surface area contributed by atoms with Crippen molar-refractivity contribution < 1.29 is 18.0 Å². The van der Waals surface area contributed by atoms with Gasteiger partial charge in [0.15, 0.2) is 0 Å². The minimum absolute atomic E-state index is 0.0253. The number of terminal acetylenes is 1. The van der Waals surface area contributed by atoms with Crippen LogP contribution >= 0.6 is 0 Å². The van der Waals surface area contributed by atoms with Crippen LogP contribution in [0, 0.1) is 35.5 Å². The Labute approximate surface area is 205 Å². The van der Waals surface area contributed by atoms with Gasteiger partial charge in [-0.25, -0.2) is 20.4 Å². The molecule has 0 radical (unpaired) electrons. The van der Waals surface area contributed by atoms with Crippen LogP contribution in [-0.4, -0.2) is 44.2 Å². The average Bonchev–Trinajstić information content (AvgIpc) is 3.22. The zero-order valence-electron chi connectivity index (χ0n) is 19.2. The molecule has 2 saturated heterocycles. The standard InChI is InChI=1S/C24H23F3N8O/c1-3-13-9-30-20(31-10-13)15-5-6-16(15)21-32-22-19(23(36)33-21)17(8-28)34-35(22)12(2)14-4-7-18(29-11-14)24(25,26)27/h1,4,7,9-12,15-17,19,21-22,32,34H,5-6H2,2H3,(H,33,36). The van der Waals surface area contributed by atoms with E-state index >= 15 is 0 Å². The highest BCUT2D eigenvalue weighted by molar-refractivity contribution is 5.82. The first kappa shape index (κ1) is 24.1. The van der Waals surface area contributed by atoms with Crippen molar-refractivity contribution in [1.29, 1.82) is 5.26 Å². The fourth-order valence-corrected chi connectivity index (χ4v) is 5.15. The second-order valence-electron chi connectivity index (χ2n) is 9.24. The number of fused-ring (bicyclic) bond motifs is 1. The fourth-order valence-electron chi connectivity index (χ4n) is 5.15. The monoisotopic (exact) mass is 496 g/mol. The first-order chi connectivity index (χ1) is 17.2. The van der Waals surface area contributed by atoms with Crippen LogP contribution in [0.15, 0.2) is 30.7 Å². The Kier molecular flexibility index (Phi) is 6.12. The minimum Gasteiger partial charge on any atom is -0.340 e. The maximum absolute atomic E-state index is 13.1. The van der Waals surface area contributed by atoms with Crippen molar-refractivity contribution in [2.24, 2.45) is 11.8 Å². The lowest BCUT2D eigenvalue weighted by molar-refractivity contribution is -0.141. The van der Waals surface area contributed by atoms with E-state index in [-0.39, 0.29) is 17.7 Å². The van der Waals surface area contributed by atoms with E-state index in [1.54, 1.807) is 24.3 Å². The molecule has 1 amide bonds. The van der Waals surface area contributed by atoms with Gasteiger partial charge in [0.2, 0.25) is 5.91 Å². The van der Waals surface area contributed by atoms with Gasteiger partial charge in [0, 0.05) is 36.5 Å². The highest BCUT2D eigenvalue weighted by atomic mass is 19.4. The summed E-state index contributed by atoms with van der Waals surface area (Å²) < 4.78 is 38.8. The topological polar surface area (TPSA) is 119 Å². The molecule has 0 aromatic carbocycles. The SMILES string of the molecule is C#Cc1cnc(C2CCC2C2NC(=O)C3C(C#N)NN(C(C)c4ccc(C(F)(F)F)nc4)C3N2)nc1. The number of nitriles is 1. The first-order valence-corrected chi connectivity index (χ1v) is 11.5. The van der Waals surface area contributed by atoms with Gasteiger partial charge in [-0.2, -0.15) is 18.4 Å². The van der Waals surface area contributed by atoms with Gasteiger partial charge >= 0.3 is 6.18 Å². The van der Waals surface area contributed by atoms with Gasteiger partial charge in [0.25, 0.3) is 0 Å². The van der Waals surface area contributed by atoms with E-state index in [4.69, 9.17) is 6.42 Å². The number of pyridine rings is 1. The molecule has 5 rings (SSSR count). The molecule has 7 unspecified atom stereocenters. The summed E-state index contributed by atoms with van der Waals surface area (Å²) in [4.78, 5) is 25.5. The number of halogens is 3. The molecular weight excluding hydrogens is 473 g/mol. The maximum Gasteiger partial charge on any atom is 0.433 e. The van der Waals surface area contributed by atoms with Crippen molar-refractivity contribution in [2.45, 2.75) is 56.3 Å². The van der Waals surface area contributed by atoms with Crippen LogP contribution in [0.3, 0.4) is 0 Å². The van der Waals surface area contributed by atoms with E-state index in [2.05, 4.69) is 43.0 Å². The first-order valence-electron chi connectivity index (χ1n) is 11.5. The smallest absolute Gasteiger partial charge is 0.340 e. The predicted molar refractivity (Wildman–Crippen MR) is 120 cm³/mol. The second kappa shape index (κ2) is 9.13. The van der Waals surface area contributed by atoms with E-state index in [0.29, 0.717) is 17.0 Å². The zero-order chi connectivity index (χ0) is 25.6. The Morgan fingerprint density at radius 1 is 1.19 bits per heavy atom. The number of hydrazine groups is 1. The normalized spacial score (nSPS) is 30.9. The van der Waals surface area contributed by atoms with Crippen LogP contribution in [0.2, 0.25) is 0 Å². The average molecular weight is 496 g/mol. The molecule has 3 N–H and O–H groups in total. The lowest BCUT2D eigenvalue weighted by Gasteiger charge is -2.47. The van der Waals surface area contributed by atoms with Gasteiger partial charge in [-0.1, -0.05) is 12.0 Å². The third-order valence-corrected chi connectivity index (χ3v) is 7.28. The van der Waals surface area contributed by atoms with Crippen molar-refractivity contribution in [3.05, 3.63) is 53.4 Å². The molecule has 2 aromatic rings. The van der Waals surface area contributed by atoms with Crippen LogP contribution in [0.4, 0.5) is 13.2 Å². The third-order valence-electron chi connectivity index (χ3n) is 7.28. The molecule has 0 bridgehead atoms. The van der Waals surface area contributed by atoms with Crippen molar-refractivity contribution in [1.82, 2.24) is 36.0 Å². The predicted octanol–water partition coefficient (Wildman–Crippen LogP) is 1.83. The number of hydrogen-bond acceptors (Lipinski definition) is 8. The van der Waals surface area contributed by atoms with Crippen LogP contribution in [0.1, 0.15) is 54.4 Å². The van der Waals surface area contributed by atoms with Crippen molar-refractivity contribution in [2.75, 3.05) is 0 Å². The summed E-state index contributed by atoms with van der Waals surface area (Å²) in [6, 6.07) is 3.13. The number of rotatable bonds is 4. The Hall–Kier alpha value is -3.58. The molecule has 7 atom stereocenters. The second-order valence-corrected chi connectivity index (χ2v) is 9.24. The van der Waals surface area contributed by atoms with E-state index in [9.17, 15) is 23.2 Å². The summed E-state index contributed by atoms with van der Waals surface area (Å²) in [5, 5.41) is 17.9. The lowest BCUT2D eigenvalue weighted by Crippen LogP contribution is -2.68. The molecule has 1 aliphatic carbocycles. The van der Waals surface area contributed by atoms with Crippen molar-refractivity contribution in [3.8, 4) is 18.4 Å². The highest BCUT2D eigenvalue weighted by Crippen LogP contribution is 2.44. The molecule has 4 heterocycles. The lowest BCUT2D eigenvalue weighted by atomic mass is 9.70. The molecule has 3 fully saturated rings. The van der Waals surface area contributed by atoms with E-state index in [1.807, 2.05) is 0 Å². The summed E-state index contributed by atoms with van der Waals surface area (Å²) in [5.41, 5.74) is 3.18. The van der Waals surface area contributed by atoms with Crippen molar-refractivity contribution in [3.63, 3.8) is 0 Å². The number of nitrogens with one attached hydrogen (secondary N) is 3. The summed E-state index contributed by atoms with van der Waals surface area (Å²) in [6.07, 6.45) is 5.96. The van der Waals surface area contributed by atoms with Gasteiger partial charge < -0.3 is 5.32 Å². The number of amides is 1. The van der Waals surface area contributed by atoms with Crippen LogP contribution in [0.5, 0.6) is 0 Å². The quantitative estimate of drug-likeness (QED) is 0.549. The fraction of sp³-hybridized carbons (Fsp3) is 0.458. The third kappa shape index (κ3) is 4.17. The van der Waals surface area contributed by atoms with Gasteiger partial charge in [0.1, 0.15) is 17.6 Å². The van der Waals surface area contributed by atoms with Gasteiger partial charge in [0.05, 0.1) is 29.9 Å². The number of alkyl halides is 3. The minimum atomic E-state index is -4.54. The Balaban J connectivity index is 1.36. The van der Waals surface area contributed by atoms with Crippen LogP contribution in [0.25, 0.3) is 0 Å². The highest BCUT2D eigenvalue weighted by Gasteiger charge is 2.54. The summed E-state index contributed by atoms with van der Waals surface area (Å²) in [6.45, 7) is 1.78. The molecule has 2 aromatic heterocycles. The van der Waals surface area contributed by atoms with E-state index < -0.39 is 42.2 Å². The molecule has 9 nitrogen and oxygen atoms in total. The molecule has 2 aliphatic heterocycles. The van der Waals surface area contributed by atoms with Crippen LogP contribution < -0.4 is 16.1 Å². The molecule has 3 aliphatic rings. The number of aromatic nitrogens is 3. The molecule has 0 spiro atoms. The molecule has 36 heavy (non-hydrogen) atoms. The van der Waals surface area contributed by atoms with Gasteiger partial charge in [-0.05, 0) is 31.4 Å². The summed E-state index contributed by atoms with van der Waals surface area (Å²) in [7, 11) is 0. The molecule has 186 valence electrons. The van der Waals surface area contributed by atoms with Crippen LogP contribution in [-0.2, 0) is 11.0 Å². The maximum atomic E-state index is 13.1. The molecular formula is C24H23F3N8O. The summed E-state index contributed by atoms with van der Waals surface area (Å²) in [5.74, 6) is 2.22. The van der Waals surface area contributed by atoms with E-state index in [0.717, 1.165) is 18.9 Å². The zero-order valence-corrected chi connectivity index (χ0v) is 19.2. The van der Waals surface area contributed by atoms with Crippen molar-refractivity contribution >= 4 is 5.91 Å². The number of hydrogen-bond donors (Lipinski definition) is 3. The van der Waals surface area contributed by atoms with E-state index in [1.165, 1.54) is 12.3 Å². The molecule has 1 saturated carbocycles. The number of carbonyl (C=O) groups is 1. The Bertz CT molecular complexity index is 1220. The Morgan fingerprint density at radius 3 is 2.50 bits per heavy atom. The van der Waals surface area contributed by atoms with Gasteiger partial charge in [-0.15, -0.1) is 6.42 Å². The Morgan fingerprint density at radius 2 is 1.94 bits per heavy atom. The van der Waals surface area contributed by atoms with Gasteiger partial charge in [-0.3, -0.25) is 15.1 Å².